The van der Waals surface area contributed by atoms with E-state index in [4.69, 9.17) is 9.94 Å². The summed E-state index contributed by atoms with van der Waals surface area (Å²) in [5.74, 6) is 0.315. The van der Waals surface area contributed by atoms with Gasteiger partial charge in [-0.05, 0) is 30.3 Å². The number of ether oxygens (including phenoxy) is 1. The average Bonchev–Trinajstić information content (AvgIpc) is 3.24. The molecule has 1 aromatic carbocycles. The van der Waals surface area contributed by atoms with E-state index in [2.05, 4.69) is 5.10 Å². The van der Waals surface area contributed by atoms with Gasteiger partial charge in [0.15, 0.2) is 0 Å². The summed E-state index contributed by atoms with van der Waals surface area (Å²) in [5, 5.41) is 13.1. The highest BCUT2D eigenvalue weighted by Crippen LogP contribution is 2.26. The molecule has 0 bridgehead atoms. The molecule has 0 fully saturated rings. The molecule has 118 valence electrons. The van der Waals surface area contributed by atoms with Crippen LogP contribution in [0.2, 0.25) is 0 Å². The predicted molar refractivity (Wildman–Crippen MR) is 86.7 cm³/mol. The molecule has 2 heterocycles. The molecular weight excluding hydrogens is 314 g/mol. The van der Waals surface area contributed by atoms with Crippen LogP contribution in [0.3, 0.4) is 0 Å². The molecular formula is C16H15N3O3S. The van der Waals surface area contributed by atoms with Gasteiger partial charge >= 0.3 is 0 Å². The highest BCUT2D eigenvalue weighted by molar-refractivity contribution is 7.17. The fourth-order valence-electron chi connectivity index (χ4n) is 2.04. The third kappa shape index (κ3) is 3.77. The van der Waals surface area contributed by atoms with Gasteiger partial charge in [-0.15, -0.1) is 11.3 Å². The Labute approximate surface area is 136 Å². The molecule has 0 unspecified atom stereocenters. The maximum atomic E-state index is 11.3. The molecule has 0 aliphatic carbocycles. The summed E-state index contributed by atoms with van der Waals surface area (Å²) < 4.78 is 7.43. The molecule has 0 atom stereocenters. The second-order valence-corrected chi connectivity index (χ2v) is 5.81. The third-order valence-electron chi connectivity index (χ3n) is 3.16. The molecule has 2 aromatic heterocycles. The SMILES string of the molecule is O=C(NO)c1ccc(-c2ccn(CCOc3ccccc3)n2)s1. The zero-order chi connectivity index (χ0) is 16.1. The van der Waals surface area contributed by atoms with Crippen LogP contribution < -0.4 is 10.2 Å². The number of nitrogens with zero attached hydrogens (tertiary/aromatic N) is 2. The molecule has 0 spiro atoms. The lowest BCUT2D eigenvalue weighted by atomic mass is 10.3. The van der Waals surface area contributed by atoms with Crippen molar-refractivity contribution < 1.29 is 14.7 Å². The van der Waals surface area contributed by atoms with Crippen LogP contribution in [0, 0.1) is 0 Å². The van der Waals surface area contributed by atoms with Gasteiger partial charge in [-0.2, -0.15) is 5.10 Å². The van der Waals surface area contributed by atoms with Gasteiger partial charge in [0.1, 0.15) is 18.1 Å². The van der Waals surface area contributed by atoms with Gasteiger partial charge < -0.3 is 4.74 Å². The summed E-state index contributed by atoms with van der Waals surface area (Å²) in [6.45, 7) is 1.15. The summed E-state index contributed by atoms with van der Waals surface area (Å²) in [7, 11) is 0. The van der Waals surface area contributed by atoms with Crippen molar-refractivity contribution >= 4 is 17.2 Å². The highest BCUT2D eigenvalue weighted by atomic mass is 32.1. The molecule has 0 saturated heterocycles. The Bertz CT molecular complexity index is 783. The zero-order valence-corrected chi connectivity index (χ0v) is 13.0. The van der Waals surface area contributed by atoms with Crippen LogP contribution in [0.1, 0.15) is 9.67 Å². The van der Waals surface area contributed by atoms with E-state index in [-0.39, 0.29) is 0 Å². The minimum absolute atomic E-state index is 0.435. The lowest BCUT2D eigenvalue weighted by Crippen LogP contribution is -2.16. The van der Waals surface area contributed by atoms with Crippen molar-refractivity contribution in [1.82, 2.24) is 15.3 Å². The Balaban J connectivity index is 1.59. The molecule has 0 aliphatic heterocycles. The smallest absolute Gasteiger partial charge is 0.284 e. The molecule has 0 aliphatic rings. The van der Waals surface area contributed by atoms with Crippen molar-refractivity contribution in [3.05, 3.63) is 59.6 Å². The number of hydroxylamine groups is 1. The summed E-state index contributed by atoms with van der Waals surface area (Å²) in [6, 6.07) is 15.0. The molecule has 23 heavy (non-hydrogen) atoms. The number of hydrogen-bond acceptors (Lipinski definition) is 5. The van der Waals surface area contributed by atoms with Crippen LogP contribution in [0.15, 0.2) is 54.7 Å². The second-order valence-electron chi connectivity index (χ2n) is 4.73. The third-order valence-corrected chi connectivity index (χ3v) is 4.26. The van der Waals surface area contributed by atoms with E-state index in [1.807, 2.05) is 48.7 Å². The maximum Gasteiger partial charge on any atom is 0.284 e. The molecule has 7 heteroatoms. The van der Waals surface area contributed by atoms with Crippen molar-refractivity contribution in [2.24, 2.45) is 0 Å². The number of thiophene rings is 1. The summed E-state index contributed by atoms with van der Waals surface area (Å²) in [6.07, 6.45) is 1.87. The van der Waals surface area contributed by atoms with Crippen LogP contribution in [-0.2, 0) is 6.54 Å². The summed E-state index contributed by atoms with van der Waals surface area (Å²) in [4.78, 5) is 12.6. The Kier molecular flexibility index (Phi) is 4.70. The number of carbonyl (C=O) groups excluding carboxylic acids is 1. The normalized spacial score (nSPS) is 10.5. The number of nitrogens with one attached hydrogen (secondary N) is 1. The number of para-hydroxylation sites is 1. The number of amides is 1. The number of hydrogen-bond donors (Lipinski definition) is 2. The summed E-state index contributed by atoms with van der Waals surface area (Å²) >= 11 is 1.27. The van der Waals surface area contributed by atoms with Gasteiger partial charge in [0.25, 0.3) is 5.91 Å². The maximum absolute atomic E-state index is 11.3. The van der Waals surface area contributed by atoms with Crippen LogP contribution in [0.5, 0.6) is 5.75 Å². The lowest BCUT2D eigenvalue weighted by molar-refractivity contribution is 0.0711. The van der Waals surface area contributed by atoms with E-state index in [1.165, 1.54) is 11.3 Å². The number of aromatic nitrogens is 2. The minimum Gasteiger partial charge on any atom is -0.492 e. The fourth-order valence-corrected chi connectivity index (χ4v) is 2.90. The zero-order valence-electron chi connectivity index (χ0n) is 12.2. The molecule has 1 amide bonds. The van der Waals surface area contributed by atoms with Gasteiger partial charge in [0, 0.05) is 6.20 Å². The van der Waals surface area contributed by atoms with Crippen molar-refractivity contribution in [3.8, 4) is 16.3 Å². The van der Waals surface area contributed by atoms with Gasteiger partial charge in [-0.25, -0.2) is 5.48 Å². The Morgan fingerprint density at radius 3 is 2.83 bits per heavy atom. The van der Waals surface area contributed by atoms with Crippen LogP contribution in [0.25, 0.3) is 10.6 Å². The first-order valence-corrected chi connectivity index (χ1v) is 7.84. The minimum atomic E-state index is -0.517. The number of rotatable bonds is 6. The molecule has 2 N–H and O–H groups in total. The quantitative estimate of drug-likeness (QED) is 0.538. The standard InChI is InChI=1S/C16H15N3O3S/c20-16(18-21)15-7-6-14(23-15)13-8-9-19(17-13)10-11-22-12-4-2-1-3-5-12/h1-9,21H,10-11H2,(H,18,20). The Hall–Kier alpha value is -2.64. The molecule has 0 radical (unpaired) electrons. The van der Waals surface area contributed by atoms with Crippen molar-refractivity contribution in [1.29, 1.82) is 0 Å². The molecule has 0 saturated carbocycles. The second kappa shape index (κ2) is 7.08. The van der Waals surface area contributed by atoms with Crippen LogP contribution >= 0.6 is 11.3 Å². The van der Waals surface area contributed by atoms with E-state index in [0.29, 0.717) is 18.0 Å². The molecule has 6 nitrogen and oxygen atoms in total. The van der Waals surface area contributed by atoms with Crippen molar-refractivity contribution in [2.75, 3.05) is 6.61 Å². The van der Waals surface area contributed by atoms with Crippen molar-refractivity contribution in [3.63, 3.8) is 0 Å². The number of carbonyl (C=O) groups is 1. The largest absolute Gasteiger partial charge is 0.492 e. The molecule has 3 rings (SSSR count). The highest BCUT2D eigenvalue weighted by Gasteiger charge is 2.11. The fraction of sp³-hybridized carbons (Fsp3) is 0.125. The van der Waals surface area contributed by atoms with Crippen LogP contribution in [0.4, 0.5) is 0 Å². The Morgan fingerprint density at radius 2 is 2.04 bits per heavy atom. The van der Waals surface area contributed by atoms with E-state index in [0.717, 1.165) is 16.3 Å². The van der Waals surface area contributed by atoms with E-state index < -0.39 is 5.91 Å². The molecule has 3 aromatic rings. The van der Waals surface area contributed by atoms with Gasteiger partial charge in [-0.3, -0.25) is 14.7 Å². The average molecular weight is 329 g/mol. The first-order chi connectivity index (χ1) is 11.3. The summed E-state index contributed by atoms with van der Waals surface area (Å²) in [5.41, 5.74) is 2.41. The van der Waals surface area contributed by atoms with E-state index in [9.17, 15) is 4.79 Å². The van der Waals surface area contributed by atoms with E-state index in [1.54, 1.807) is 16.2 Å². The topological polar surface area (TPSA) is 76.4 Å². The monoisotopic (exact) mass is 329 g/mol. The van der Waals surface area contributed by atoms with Gasteiger partial charge in [0.05, 0.1) is 16.3 Å². The first kappa shape index (κ1) is 15.3. The lowest BCUT2D eigenvalue weighted by Gasteiger charge is -2.05. The number of benzene rings is 1. The van der Waals surface area contributed by atoms with E-state index >= 15 is 0 Å². The Morgan fingerprint density at radius 1 is 1.22 bits per heavy atom. The van der Waals surface area contributed by atoms with Crippen molar-refractivity contribution in [2.45, 2.75) is 6.54 Å². The van der Waals surface area contributed by atoms with Gasteiger partial charge in [0.2, 0.25) is 0 Å². The van der Waals surface area contributed by atoms with Crippen LogP contribution in [-0.4, -0.2) is 27.5 Å². The first-order valence-electron chi connectivity index (χ1n) is 7.02. The van der Waals surface area contributed by atoms with Gasteiger partial charge in [-0.1, -0.05) is 18.2 Å². The predicted octanol–water partition coefficient (Wildman–Crippen LogP) is 2.81.